The van der Waals surface area contributed by atoms with Gasteiger partial charge in [0, 0.05) is 0 Å². The smallest absolute Gasteiger partial charge is 0.215 e. The molecule has 16 heavy (non-hydrogen) atoms. The van der Waals surface area contributed by atoms with Crippen molar-refractivity contribution < 1.29 is 8.42 Å². The van der Waals surface area contributed by atoms with E-state index in [1.807, 2.05) is 31.2 Å². The Morgan fingerprint density at radius 1 is 1.19 bits per heavy atom. The number of benzene rings is 1. The summed E-state index contributed by atoms with van der Waals surface area (Å²) in [7, 11) is -1.72. The molecule has 0 saturated carbocycles. The standard InChI is InChI=1S/C9H13NO2S.C3H8/c1-8-5-3-4-6-9(8)7-13(11,12)10-2;1-3-2/h3-6,10H,7H2,1-2H3;3H2,1-2H3. The molecule has 0 fully saturated rings. The van der Waals surface area contributed by atoms with Crippen LogP contribution in [-0.4, -0.2) is 15.5 Å². The Hall–Kier alpha value is -0.870. The zero-order valence-corrected chi connectivity index (χ0v) is 11.3. The fourth-order valence-electron chi connectivity index (χ4n) is 1.05. The van der Waals surface area contributed by atoms with Gasteiger partial charge in [0.2, 0.25) is 10.0 Å². The molecule has 0 amide bonds. The highest BCUT2D eigenvalue weighted by atomic mass is 32.2. The molecule has 0 bridgehead atoms. The van der Waals surface area contributed by atoms with E-state index in [0.29, 0.717) is 0 Å². The highest BCUT2D eigenvalue weighted by molar-refractivity contribution is 7.88. The van der Waals surface area contributed by atoms with Gasteiger partial charge in [0.1, 0.15) is 0 Å². The van der Waals surface area contributed by atoms with Gasteiger partial charge < -0.3 is 0 Å². The van der Waals surface area contributed by atoms with Crippen LogP contribution in [0.15, 0.2) is 24.3 Å². The first-order chi connectivity index (χ1) is 7.46. The molecule has 1 rings (SSSR count). The Morgan fingerprint density at radius 2 is 1.69 bits per heavy atom. The number of aryl methyl sites for hydroxylation is 1. The summed E-state index contributed by atoms with van der Waals surface area (Å²) in [5, 5.41) is 0. The maximum Gasteiger partial charge on any atom is 0.215 e. The van der Waals surface area contributed by atoms with Crippen LogP contribution in [0.25, 0.3) is 0 Å². The van der Waals surface area contributed by atoms with Crippen LogP contribution in [0, 0.1) is 6.92 Å². The van der Waals surface area contributed by atoms with Crippen molar-refractivity contribution in [2.45, 2.75) is 32.9 Å². The molecule has 0 aliphatic carbocycles. The fraction of sp³-hybridized carbons (Fsp3) is 0.500. The van der Waals surface area contributed by atoms with E-state index in [9.17, 15) is 8.42 Å². The minimum Gasteiger partial charge on any atom is -0.218 e. The maximum absolute atomic E-state index is 11.2. The van der Waals surface area contributed by atoms with Gasteiger partial charge in [0.15, 0.2) is 0 Å². The highest BCUT2D eigenvalue weighted by Crippen LogP contribution is 2.09. The molecular formula is C12H21NO2S. The first kappa shape index (κ1) is 15.1. The van der Waals surface area contributed by atoms with Gasteiger partial charge in [-0.2, -0.15) is 0 Å². The normalized spacial score (nSPS) is 10.5. The van der Waals surface area contributed by atoms with Crippen LogP contribution in [0.4, 0.5) is 0 Å². The summed E-state index contributed by atoms with van der Waals surface area (Å²) in [6.07, 6.45) is 1.25. The lowest BCUT2D eigenvalue weighted by molar-refractivity contribution is 0.587. The Morgan fingerprint density at radius 3 is 2.12 bits per heavy atom. The quantitative estimate of drug-likeness (QED) is 0.886. The molecule has 1 aromatic carbocycles. The summed E-state index contributed by atoms with van der Waals surface area (Å²) in [5.74, 6) is 0.0518. The van der Waals surface area contributed by atoms with Crippen LogP contribution >= 0.6 is 0 Å². The molecular weight excluding hydrogens is 222 g/mol. The Bertz CT molecular complexity index is 399. The molecule has 0 unspecified atom stereocenters. The first-order valence-electron chi connectivity index (χ1n) is 5.42. The molecule has 0 aliphatic rings. The van der Waals surface area contributed by atoms with E-state index in [0.717, 1.165) is 11.1 Å². The molecule has 4 heteroatoms. The van der Waals surface area contributed by atoms with Crippen molar-refractivity contribution in [2.75, 3.05) is 7.05 Å². The summed E-state index contributed by atoms with van der Waals surface area (Å²) in [6, 6.07) is 7.46. The minimum atomic E-state index is -3.15. The van der Waals surface area contributed by atoms with Crippen molar-refractivity contribution in [2.24, 2.45) is 0 Å². The van der Waals surface area contributed by atoms with Crippen LogP contribution < -0.4 is 4.72 Å². The van der Waals surface area contributed by atoms with Gasteiger partial charge in [-0.25, -0.2) is 13.1 Å². The zero-order chi connectivity index (χ0) is 12.6. The van der Waals surface area contributed by atoms with Crippen LogP contribution in [-0.2, 0) is 15.8 Å². The maximum atomic E-state index is 11.2. The Balaban J connectivity index is 0.000000673. The lowest BCUT2D eigenvalue weighted by atomic mass is 10.1. The number of rotatable bonds is 3. The largest absolute Gasteiger partial charge is 0.218 e. The van der Waals surface area contributed by atoms with Crippen LogP contribution in [0.5, 0.6) is 0 Å². The molecule has 0 aliphatic heterocycles. The van der Waals surface area contributed by atoms with Gasteiger partial charge in [0.05, 0.1) is 5.75 Å². The lowest BCUT2D eigenvalue weighted by Crippen LogP contribution is -2.20. The molecule has 1 aromatic rings. The molecule has 0 aromatic heterocycles. The summed E-state index contributed by atoms with van der Waals surface area (Å²) in [4.78, 5) is 0. The summed E-state index contributed by atoms with van der Waals surface area (Å²) in [5.41, 5.74) is 1.85. The van der Waals surface area contributed by atoms with Gasteiger partial charge in [-0.05, 0) is 25.1 Å². The number of nitrogens with one attached hydrogen (secondary N) is 1. The molecule has 0 radical (unpaired) electrons. The molecule has 0 heterocycles. The Kier molecular flexibility index (Phi) is 7.01. The lowest BCUT2D eigenvalue weighted by Gasteiger charge is -2.05. The number of sulfonamides is 1. The van der Waals surface area contributed by atoms with E-state index in [4.69, 9.17) is 0 Å². The number of hydrogen-bond acceptors (Lipinski definition) is 2. The van der Waals surface area contributed by atoms with Crippen molar-refractivity contribution in [3.05, 3.63) is 35.4 Å². The van der Waals surface area contributed by atoms with E-state index >= 15 is 0 Å². The van der Waals surface area contributed by atoms with Crippen molar-refractivity contribution in [3.8, 4) is 0 Å². The zero-order valence-electron chi connectivity index (χ0n) is 10.4. The van der Waals surface area contributed by atoms with Crippen molar-refractivity contribution in [3.63, 3.8) is 0 Å². The first-order valence-corrected chi connectivity index (χ1v) is 7.07. The minimum absolute atomic E-state index is 0.0518. The average Bonchev–Trinajstić information content (AvgIpc) is 2.23. The number of hydrogen-bond donors (Lipinski definition) is 1. The van der Waals surface area contributed by atoms with Gasteiger partial charge >= 0.3 is 0 Å². The SMILES string of the molecule is CCC.CNS(=O)(=O)Cc1ccccc1C. The second-order valence-electron chi connectivity index (χ2n) is 3.60. The molecule has 0 atom stereocenters. The highest BCUT2D eigenvalue weighted by Gasteiger charge is 2.09. The van der Waals surface area contributed by atoms with E-state index < -0.39 is 10.0 Å². The van der Waals surface area contributed by atoms with Crippen LogP contribution in [0.1, 0.15) is 31.4 Å². The molecule has 3 nitrogen and oxygen atoms in total. The van der Waals surface area contributed by atoms with E-state index in [2.05, 4.69) is 18.6 Å². The topological polar surface area (TPSA) is 46.2 Å². The van der Waals surface area contributed by atoms with E-state index in [-0.39, 0.29) is 5.75 Å². The van der Waals surface area contributed by atoms with E-state index in [1.165, 1.54) is 13.5 Å². The van der Waals surface area contributed by atoms with Gasteiger partial charge in [0.25, 0.3) is 0 Å². The van der Waals surface area contributed by atoms with Crippen molar-refractivity contribution in [1.82, 2.24) is 4.72 Å². The van der Waals surface area contributed by atoms with Crippen molar-refractivity contribution in [1.29, 1.82) is 0 Å². The molecule has 1 N–H and O–H groups in total. The van der Waals surface area contributed by atoms with Gasteiger partial charge in [-0.15, -0.1) is 0 Å². The van der Waals surface area contributed by atoms with Gasteiger partial charge in [-0.3, -0.25) is 0 Å². The summed E-state index contributed by atoms with van der Waals surface area (Å²) >= 11 is 0. The molecule has 0 saturated heterocycles. The van der Waals surface area contributed by atoms with E-state index in [1.54, 1.807) is 0 Å². The van der Waals surface area contributed by atoms with Crippen molar-refractivity contribution >= 4 is 10.0 Å². The predicted molar refractivity (Wildman–Crippen MR) is 68.8 cm³/mol. The Labute approximate surface area is 98.9 Å². The van der Waals surface area contributed by atoms with Crippen LogP contribution in [0.2, 0.25) is 0 Å². The van der Waals surface area contributed by atoms with Crippen LogP contribution in [0.3, 0.4) is 0 Å². The molecule has 92 valence electrons. The monoisotopic (exact) mass is 243 g/mol. The second kappa shape index (κ2) is 7.41. The average molecular weight is 243 g/mol. The fourth-order valence-corrected chi connectivity index (χ4v) is 1.93. The third-order valence-electron chi connectivity index (χ3n) is 1.92. The molecule has 0 spiro atoms. The third-order valence-corrected chi connectivity index (χ3v) is 3.23. The second-order valence-corrected chi connectivity index (χ2v) is 5.52. The third kappa shape index (κ3) is 5.88. The van der Waals surface area contributed by atoms with Gasteiger partial charge in [-0.1, -0.05) is 44.5 Å². The summed E-state index contributed by atoms with van der Waals surface area (Å²) in [6.45, 7) is 6.15. The summed E-state index contributed by atoms with van der Waals surface area (Å²) < 4.78 is 24.7. The predicted octanol–water partition coefficient (Wildman–Crippen LogP) is 2.46.